The van der Waals surface area contributed by atoms with Gasteiger partial charge < -0.3 is 14.5 Å². The molecule has 5 aromatic rings. The number of anilines is 1. The Kier molecular flexibility index (Phi) is 7.08. The molecule has 3 aromatic heterocycles. The highest BCUT2D eigenvalue weighted by atomic mass is 32.1. The quantitative estimate of drug-likeness (QED) is 0.285. The highest BCUT2D eigenvalue weighted by Gasteiger charge is 2.33. The van der Waals surface area contributed by atoms with E-state index in [-0.39, 0.29) is 11.5 Å². The number of nitrogens with one attached hydrogen (secondary N) is 1. The van der Waals surface area contributed by atoms with Crippen molar-refractivity contribution in [2.45, 2.75) is 13.0 Å². The van der Waals surface area contributed by atoms with Crippen LogP contribution >= 0.6 is 22.7 Å². The number of nitrogens with zero attached hydrogens (tertiary/aromatic N) is 2. The van der Waals surface area contributed by atoms with E-state index in [1.165, 1.54) is 29.8 Å². The maximum absolute atomic E-state index is 13.8. The van der Waals surface area contributed by atoms with Crippen molar-refractivity contribution in [1.82, 2.24) is 4.57 Å². The Morgan fingerprint density at radius 2 is 1.80 bits per heavy atom. The van der Waals surface area contributed by atoms with E-state index in [1.807, 2.05) is 47.8 Å². The van der Waals surface area contributed by atoms with Gasteiger partial charge in [0.05, 0.1) is 28.5 Å². The molecule has 0 fully saturated rings. The minimum absolute atomic E-state index is 0.280. The smallest absolute Gasteiger partial charge is 0.338 e. The summed E-state index contributed by atoms with van der Waals surface area (Å²) in [7, 11) is 1.33. The standard InChI is InChI=1S/C31H23N3O5S2/c1-18-26(28(35)33-19-9-4-3-5-10-19)27(24-13-8-16-40-24)34-29(36)25(41-31(34)32-18)17-20-14-15-23(39-20)21-11-6-7-12-22(21)30(37)38-2/h3-17,27H,1-2H3,(H,33,35)/b25-17+/t27-/m1/s1. The lowest BCUT2D eigenvalue weighted by Crippen LogP contribution is -2.40. The van der Waals surface area contributed by atoms with Crippen molar-refractivity contribution < 1.29 is 18.7 Å². The summed E-state index contributed by atoms with van der Waals surface area (Å²) in [4.78, 5) is 45.6. The summed E-state index contributed by atoms with van der Waals surface area (Å²) >= 11 is 2.70. The van der Waals surface area contributed by atoms with Gasteiger partial charge in [-0.3, -0.25) is 14.2 Å². The number of para-hydroxylation sites is 1. The molecule has 0 saturated carbocycles. The summed E-state index contributed by atoms with van der Waals surface area (Å²) in [5.41, 5.74) is 2.30. The number of carbonyl (C=O) groups is 2. The summed E-state index contributed by atoms with van der Waals surface area (Å²) in [6.45, 7) is 1.79. The van der Waals surface area contributed by atoms with Crippen LogP contribution in [0.5, 0.6) is 0 Å². The third kappa shape index (κ3) is 4.99. The predicted molar refractivity (Wildman–Crippen MR) is 159 cm³/mol. The minimum Gasteiger partial charge on any atom is -0.465 e. The van der Waals surface area contributed by atoms with Gasteiger partial charge in [0, 0.05) is 22.2 Å². The summed E-state index contributed by atoms with van der Waals surface area (Å²) in [6, 6.07) is 22.8. The fraction of sp³-hybridized carbons (Fsp3) is 0.0968. The van der Waals surface area contributed by atoms with Crippen LogP contribution in [0.15, 0.2) is 110 Å². The number of fused-ring (bicyclic) bond motifs is 1. The number of ether oxygens (including phenoxy) is 1. The van der Waals surface area contributed by atoms with E-state index in [0.29, 0.717) is 48.9 Å². The van der Waals surface area contributed by atoms with Crippen LogP contribution in [0.1, 0.15) is 34.0 Å². The monoisotopic (exact) mass is 581 g/mol. The number of methoxy groups -OCH3 is 1. The minimum atomic E-state index is -0.629. The van der Waals surface area contributed by atoms with Gasteiger partial charge in [-0.1, -0.05) is 53.8 Å². The zero-order chi connectivity index (χ0) is 28.5. The number of thiazole rings is 1. The third-order valence-corrected chi connectivity index (χ3v) is 8.52. The van der Waals surface area contributed by atoms with E-state index >= 15 is 0 Å². The lowest BCUT2D eigenvalue weighted by Gasteiger charge is -2.24. The number of aromatic nitrogens is 1. The number of rotatable bonds is 6. The maximum Gasteiger partial charge on any atom is 0.338 e. The van der Waals surface area contributed by atoms with Crippen molar-refractivity contribution >= 4 is 46.3 Å². The first-order valence-corrected chi connectivity index (χ1v) is 14.3. The zero-order valence-corrected chi connectivity index (χ0v) is 23.6. The molecule has 1 atom stereocenters. The first-order chi connectivity index (χ1) is 19.9. The average molecular weight is 582 g/mol. The van der Waals surface area contributed by atoms with Crippen LogP contribution in [0.2, 0.25) is 0 Å². The molecular weight excluding hydrogens is 558 g/mol. The van der Waals surface area contributed by atoms with E-state index in [0.717, 1.165) is 4.88 Å². The molecule has 1 N–H and O–H groups in total. The third-order valence-electron chi connectivity index (χ3n) is 6.61. The molecular formula is C31H23N3O5S2. The predicted octanol–water partition coefficient (Wildman–Crippen LogP) is 4.98. The molecule has 10 heteroatoms. The van der Waals surface area contributed by atoms with Crippen LogP contribution in [-0.2, 0) is 9.53 Å². The van der Waals surface area contributed by atoms with E-state index < -0.39 is 12.0 Å². The Balaban J connectivity index is 1.42. The lowest BCUT2D eigenvalue weighted by molar-refractivity contribution is -0.113. The zero-order valence-electron chi connectivity index (χ0n) is 22.0. The molecule has 0 saturated heterocycles. The molecule has 1 aliphatic rings. The van der Waals surface area contributed by atoms with Gasteiger partial charge in [-0.15, -0.1) is 11.3 Å². The van der Waals surface area contributed by atoms with Gasteiger partial charge in [0.1, 0.15) is 17.6 Å². The van der Waals surface area contributed by atoms with Gasteiger partial charge >= 0.3 is 5.97 Å². The number of amides is 1. The fourth-order valence-corrected chi connectivity index (χ4v) is 6.59. The Bertz CT molecular complexity index is 1980. The van der Waals surface area contributed by atoms with Crippen molar-refractivity contribution in [3.63, 3.8) is 0 Å². The number of furan rings is 1. The average Bonchev–Trinajstić information content (AvgIpc) is 3.74. The molecule has 204 valence electrons. The van der Waals surface area contributed by atoms with Crippen molar-refractivity contribution in [3.8, 4) is 11.3 Å². The number of carbonyl (C=O) groups excluding carboxylic acids is 2. The lowest BCUT2D eigenvalue weighted by atomic mass is 10.0. The van der Waals surface area contributed by atoms with Crippen molar-refractivity contribution in [1.29, 1.82) is 0 Å². The number of hydrogen-bond donors (Lipinski definition) is 1. The van der Waals surface area contributed by atoms with Gasteiger partial charge in [0.25, 0.3) is 11.5 Å². The van der Waals surface area contributed by atoms with Crippen molar-refractivity contribution in [2.75, 3.05) is 12.4 Å². The number of benzene rings is 2. The molecule has 6 rings (SSSR count). The summed E-state index contributed by atoms with van der Waals surface area (Å²) in [5.74, 6) is 0.126. The van der Waals surface area contributed by atoms with Gasteiger partial charge in [-0.25, -0.2) is 9.79 Å². The van der Waals surface area contributed by atoms with Gasteiger partial charge in [0.2, 0.25) is 0 Å². The SMILES string of the molecule is COC(=O)c1ccccc1-c1ccc(/C=c2/sc3n(c2=O)[C@H](c2cccs2)C(C(=O)Nc2ccccc2)=C(C)N=3)o1. The van der Waals surface area contributed by atoms with Gasteiger partial charge in [0.15, 0.2) is 4.80 Å². The second kappa shape index (κ2) is 11.0. The molecule has 0 aliphatic carbocycles. The molecule has 4 heterocycles. The van der Waals surface area contributed by atoms with E-state index in [2.05, 4.69) is 10.3 Å². The van der Waals surface area contributed by atoms with Crippen LogP contribution in [0.3, 0.4) is 0 Å². The van der Waals surface area contributed by atoms with Crippen LogP contribution in [-0.4, -0.2) is 23.6 Å². The van der Waals surface area contributed by atoms with Gasteiger partial charge in [-0.05, 0) is 48.7 Å². The Morgan fingerprint density at radius 1 is 1.02 bits per heavy atom. The van der Waals surface area contributed by atoms with Crippen LogP contribution in [0.25, 0.3) is 17.4 Å². The molecule has 0 unspecified atom stereocenters. The first kappa shape index (κ1) is 26.4. The highest BCUT2D eigenvalue weighted by Crippen LogP contribution is 2.33. The highest BCUT2D eigenvalue weighted by molar-refractivity contribution is 7.10. The molecule has 8 nitrogen and oxygen atoms in total. The number of esters is 1. The van der Waals surface area contributed by atoms with Crippen LogP contribution < -0.4 is 20.2 Å². The van der Waals surface area contributed by atoms with Crippen molar-refractivity contribution in [3.05, 3.63) is 131 Å². The van der Waals surface area contributed by atoms with Crippen LogP contribution in [0, 0.1) is 0 Å². The summed E-state index contributed by atoms with van der Waals surface area (Å²) in [5, 5.41) is 4.87. The largest absolute Gasteiger partial charge is 0.465 e. The second-order valence-electron chi connectivity index (χ2n) is 9.16. The Labute approximate surface area is 242 Å². The van der Waals surface area contributed by atoms with E-state index in [1.54, 1.807) is 54.0 Å². The Morgan fingerprint density at radius 3 is 2.56 bits per heavy atom. The maximum atomic E-state index is 13.8. The Hall–Kier alpha value is -4.80. The molecule has 1 aliphatic heterocycles. The molecule has 0 bridgehead atoms. The second-order valence-corrected chi connectivity index (χ2v) is 11.1. The number of allylic oxidation sites excluding steroid dienone is 1. The summed E-state index contributed by atoms with van der Waals surface area (Å²) < 4.78 is 12.9. The molecule has 2 aromatic carbocycles. The molecule has 0 spiro atoms. The van der Waals surface area contributed by atoms with E-state index in [9.17, 15) is 14.4 Å². The normalized spacial score (nSPS) is 14.9. The topological polar surface area (TPSA) is 103 Å². The number of hydrogen-bond acceptors (Lipinski definition) is 8. The fourth-order valence-electron chi connectivity index (χ4n) is 4.74. The molecule has 41 heavy (non-hydrogen) atoms. The first-order valence-electron chi connectivity index (χ1n) is 12.6. The molecule has 1 amide bonds. The van der Waals surface area contributed by atoms with Crippen LogP contribution in [0.4, 0.5) is 5.69 Å². The molecule has 0 radical (unpaired) electrons. The van der Waals surface area contributed by atoms with Gasteiger partial charge in [-0.2, -0.15) is 0 Å². The van der Waals surface area contributed by atoms with E-state index in [4.69, 9.17) is 9.15 Å². The summed E-state index contributed by atoms with van der Waals surface area (Å²) in [6.07, 6.45) is 1.66. The van der Waals surface area contributed by atoms with Crippen molar-refractivity contribution in [2.24, 2.45) is 4.99 Å². The number of thiophene rings is 1.